The number of amides is 1. The summed E-state index contributed by atoms with van der Waals surface area (Å²) in [5, 5.41) is 14.4. The minimum Gasteiger partial charge on any atom is -0.497 e. The lowest BCUT2D eigenvalue weighted by Crippen LogP contribution is -2.51. The molecule has 10 heteroatoms. The van der Waals surface area contributed by atoms with Crippen LogP contribution in [0, 0.1) is 16.0 Å². The molecule has 0 bridgehead atoms. The third-order valence-electron chi connectivity index (χ3n) is 9.13. The number of hydrogen-bond donors (Lipinski definition) is 1. The van der Waals surface area contributed by atoms with Crippen LogP contribution in [0.5, 0.6) is 11.5 Å². The Morgan fingerprint density at radius 2 is 1.64 bits per heavy atom. The number of fused-ring (bicyclic) bond motifs is 6. The predicted molar refractivity (Wildman–Crippen MR) is 167 cm³/mol. The zero-order valence-electron chi connectivity index (χ0n) is 24.3. The van der Waals surface area contributed by atoms with Gasteiger partial charge >= 0.3 is 0 Å². The van der Waals surface area contributed by atoms with Gasteiger partial charge in [0.25, 0.3) is 5.69 Å². The van der Waals surface area contributed by atoms with E-state index >= 15 is 4.79 Å². The van der Waals surface area contributed by atoms with Crippen molar-refractivity contribution in [1.82, 2.24) is 0 Å². The Morgan fingerprint density at radius 1 is 0.911 bits per heavy atom. The molecule has 3 aliphatic rings. The fourth-order valence-corrected chi connectivity index (χ4v) is 7.21. The normalized spacial score (nSPS) is 22.3. The van der Waals surface area contributed by atoms with E-state index in [2.05, 4.69) is 5.32 Å². The van der Waals surface area contributed by atoms with Crippen LogP contribution in [0.2, 0.25) is 0 Å². The summed E-state index contributed by atoms with van der Waals surface area (Å²) in [7, 11) is 2.93. The fraction of sp³-hybridized carbons (Fsp3) is 0.171. The van der Waals surface area contributed by atoms with Crippen molar-refractivity contribution < 1.29 is 28.8 Å². The number of nitro groups is 1. The van der Waals surface area contributed by atoms with Gasteiger partial charge in [0.05, 0.1) is 36.7 Å². The van der Waals surface area contributed by atoms with E-state index < -0.39 is 45.8 Å². The number of methoxy groups -OCH3 is 2. The van der Waals surface area contributed by atoms with Crippen molar-refractivity contribution in [3.63, 3.8) is 0 Å². The van der Waals surface area contributed by atoms with Crippen molar-refractivity contribution in [2.24, 2.45) is 5.92 Å². The quantitative estimate of drug-likeness (QED) is 0.168. The Bertz CT molecular complexity index is 1940. The van der Waals surface area contributed by atoms with Gasteiger partial charge in [-0.3, -0.25) is 24.5 Å². The summed E-state index contributed by atoms with van der Waals surface area (Å²) in [6.45, 7) is 0. The highest BCUT2D eigenvalue weighted by Crippen LogP contribution is 2.58. The Kier molecular flexibility index (Phi) is 6.50. The maximum Gasteiger partial charge on any atom is 0.269 e. The van der Waals surface area contributed by atoms with Gasteiger partial charge in [0.1, 0.15) is 23.0 Å². The Balaban J connectivity index is 1.53. The summed E-state index contributed by atoms with van der Waals surface area (Å²) in [5.41, 5.74) is 1.33. The van der Waals surface area contributed by atoms with Gasteiger partial charge in [-0.15, -0.1) is 0 Å². The summed E-state index contributed by atoms with van der Waals surface area (Å²) in [6.07, 6.45) is 3.80. The first-order valence-electron chi connectivity index (χ1n) is 14.3. The second-order valence-electron chi connectivity index (χ2n) is 11.2. The standard InChI is InChI=1S/C35H27N3O7/c1-44-23-16-17-28(45-2)24(19-23)33(40)30-31(32(39)21-11-14-22(15-12-21)38(42)43)37-27-10-6-3-7-20(27)13-18-29(37)35(30)25-8-4-5-9-26(25)36-34(35)41/h3-19,29-31H,1-2H3,(H,36,41). The zero-order chi connectivity index (χ0) is 31.5. The summed E-state index contributed by atoms with van der Waals surface area (Å²) in [4.78, 5) is 57.2. The first kappa shape index (κ1) is 28.0. The van der Waals surface area contributed by atoms with E-state index in [1.54, 1.807) is 30.3 Å². The highest BCUT2D eigenvalue weighted by atomic mass is 16.6. The lowest BCUT2D eigenvalue weighted by molar-refractivity contribution is -0.384. The van der Waals surface area contributed by atoms with Gasteiger partial charge in [-0.25, -0.2) is 0 Å². The molecule has 0 aromatic heterocycles. The topological polar surface area (TPSA) is 128 Å². The molecule has 0 radical (unpaired) electrons. The number of nitro benzene ring substituents is 1. The minimum atomic E-state index is -1.52. The van der Waals surface area contributed by atoms with Gasteiger partial charge < -0.3 is 19.7 Å². The maximum absolute atomic E-state index is 15.1. The number of rotatable bonds is 7. The van der Waals surface area contributed by atoms with Crippen LogP contribution in [-0.2, 0) is 10.2 Å². The minimum absolute atomic E-state index is 0.164. The molecule has 1 spiro atoms. The zero-order valence-corrected chi connectivity index (χ0v) is 24.3. The Hall–Kier alpha value is -5.77. The second-order valence-corrected chi connectivity index (χ2v) is 11.2. The van der Waals surface area contributed by atoms with E-state index in [4.69, 9.17) is 9.47 Å². The van der Waals surface area contributed by atoms with Crippen LogP contribution >= 0.6 is 0 Å². The molecular formula is C35H27N3O7. The molecule has 3 heterocycles. The van der Waals surface area contributed by atoms with Crippen molar-refractivity contribution >= 4 is 40.6 Å². The van der Waals surface area contributed by atoms with Crippen LogP contribution < -0.4 is 19.7 Å². The highest BCUT2D eigenvalue weighted by Gasteiger charge is 2.70. The Morgan fingerprint density at radius 3 is 2.38 bits per heavy atom. The first-order chi connectivity index (χ1) is 21.8. The molecule has 1 N–H and O–H groups in total. The Labute approximate surface area is 258 Å². The van der Waals surface area contributed by atoms with Crippen molar-refractivity contribution in [2.75, 3.05) is 24.4 Å². The molecule has 3 aliphatic heterocycles. The van der Waals surface area contributed by atoms with E-state index in [1.165, 1.54) is 38.5 Å². The number of nitrogens with one attached hydrogen (secondary N) is 1. The molecule has 224 valence electrons. The number of benzene rings is 4. The summed E-state index contributed by atoms with van der Waals surface area (Å²) in [6, 6.07) is 23.0. The van der Waals surface area contributed by atoms with Gasteiger partial charge in [0.2, 0.25) is 5.91 Å². The molecule has 45 heavy (non-hydrogen) atoms. The third kappa shape index (κ3) is 3.98. The molecular weight excluding hydrogens is 574 g/mol. The molecule has 1 saturated heterocycles. The largest absolute Gasteiger partial charge is 0.497 e. The van der Waals surface area contributed by atoms with E-state index in [-0.39, 0.29) is 22.6 Å². The highest BCUT2D eigenvalue weighted by molar-refractivity contribution is 6.19. The number of ether oxygens (including phenoxy) is 2. The van der Waals surface area contributed by atoms with Gasteiger partial charge in [-0.1, -0.05) is 48.6 Å². The van der Waals surface area contributed by atoms with Crippen LogP contribution in [0.4, 0.5) is 17.1 Å². The predicted octanol–water partition coefficient (Wildman–Crippen LogP) is 5.47. The first-order valence-corrected chi connectivity index (χ1v) is 14.3. The van der Waals surface area contributed by atoms with Crippen LogP contribution in [0.1, 0.15) is 31.8 Å². The molecule has 4 atom stereocenters. The molecule has 1 amide bonds. The molecule has 0 saturated carbocycles. The fourth-order valence-electron chi connectivity index (χ4n) is 7.21. The number of carbonyl (C=O) groups is 3. The van der Waals surface area contributed by atoms with Gasteiger partial charge in [-0.05, 0) is 53.6 Å². The number of ketones is 2. The number of non-ortho nitro benzene ring substituents is 1. The number of nitrogens with zero attached hydrogens (tertiary/aromatic N) is 2. The number of carbonyl (C=O) groups excluding carboxylic acids is 3. The molecule has 4 aromatic carbocycles. The molecule has 1 fully saturated rings. The van der Waals surface area contributed by atoms with Gasteiger partial charge in [0, 0.05) is 29.1 Å². The second kappa shape index (κ2) is 10.4. The van der Waals surface area contributed by atoms with E-state index in [9.17, 15) is 19.7 Å². The van der Waals surface area contributed by atoms with Crippen molar-refractivity contribution in [3.05, 3.63) is 129 Å². The lowest BCUT2D eigenvalue weighted by Gasteiger charge is -2.37. The molecule has 4 aromatic rings. The van der Waals surface area contributed by atoms with Crippen molar-refractivity contribution in [1.29, 1.82) is 0 Å². The number of para-hydroxylation sites is 2. The smallest absolute Gasteiger partial charge is 0.269 e. The van der Waals surface area contributed by atoms with Crippen LogP contribution in [0.25, 0.3) is 6.08 Å². The van der Waals surface area contributed by atoms with E-state index in [0.717, 1.165) is 5.56 Å². The van der Waals surface area contributed by atoms with Crippen LogP contribution in [0.15, 0.2) is 97.1 Å². The van der Waals surface area contributed by atoms with E-state index in [1.807, 2.05) is 53.5 Å². The van der Waals surface area contributed by atoms with Crippen molar-refractivity contribution in [2.45, 2.75) is 17.5 Å². The summed E-state index contributed by atoms with van der Waals surface area (Å²) >= 11 is 0. The molecule has 4 unspecified atom stereocenters. The summed E-state index contributed by atoms with van der Waals surface area (Å²) < 4.78 is 11.1. The van der Waals surface area contributed by atoms with Crippen molar-refractivity contribution in [3.8, 4) is 11.5 Å². The maximum atomic E-state index is 15.1. The number of Topliss-reactive ketones (excluding diaryl/α,β-unsaturated/α-hetero) is 2. The monoisotopic (exact) mass is 601 g/mol. The number of anilines is 2. The summed E-state index contributed by atoms with van der Waals surface area (Å²) in [5.74, 6) is -1.89. The van der Waals surface area contributed by atoms with Gasteiger partial charge in [0.15, 0.2) is 11.6 Å². The van der Waals surface area contributed by atoms with Gasteiger partial charge in [-0.2, -0.15) is 0 Å². The molecule has 0 aliphatic carbocycles. The lowest BCUT2D eigenvalue weighted by atomic mass is 9.64. The van der Waals surface area contributed by atoms with Crippen LogP contribution in [0.3, 0.4) is 0 Å². The average molecular weight is 602 g/mol. The molecule has 10 nitrogen and oxygen atoms in total. The third-order valence-corrected chi connectivity index (χ3v) is 9.13. The average Bonchev–Trinajstić information content (AvgIpc) is 3.55. The molecule has 7 rings (SSSR count). The SMILES string of the molecule is COc1ccc(OC)c(C(=O)C2C(C(=O)c3ccc([N+](=O)[O-])cc3)N3c4ccccc4C=CC3C23C(=O)Nc2ccccc23)c1. The van der Waals surface area contributed by atoms with Crippen LogP contribution in [-0.4, -0.2) is 48.7 Å². The van der Waals surface area contributed by atoms with E-state index in [0.29, 0.717) is 22.7 Å². The number of hydrogen-bond acceptors (Lipinski definition) is 8.